The third-order valence-electron chi connectivity index (χ3n) is 3.95. The number of nitrogens with zero attached hydrogens (tertiary/aromatic N) is 3. The average Bonchev–Trinajstić information content (AvgIpc) is 3.16. The minimum atomic E-state index is -0.0806. The van der Waals surface area contributed by atoms with Gasteiger partial charge in [0.25, 0.3) is 0 Å². The van der Waals surface area contributed by atoms with E-state index >= 15 is 0 Å². The monoisotopic (exact) mass is 336 g/mol. The number of benzene rings is 2. The molecule has 0 aliphatic rings. The van der Waals surface area contributed by atoms with Crippen LogP contribution < -0.4 is 10.1 Å². The Bertz CT molecular complexity index is 829. The van der Waals surface area contributed by atoms with Gasteiger partial charge in [0.1, 0.15) is 18.4 Å². The maximum Gasteiger partial charge on any atom is 0.224 e. The van der Waals surface area contributed by atoms with Gasteiger partial charge >= 0.3 is 0 Å². The molecule has 0 saturated heterocycles. The van der Waals surface area contributed by atoms with Crippen molar-refractivity contribution in [3.63, 3.8) is 0 Å². The number of ether oxygens (including phenoxy) is 1. The van der Waals surface area contributed by atoms with Crippen molar-refractivity contribution >= 4 is 5.91 Å². The molecule has 0 bridgehead atoms. The molecule has 2 aromatic carbocycles. The van der Waals surface area contributed by atoms with Gasteiger partial charge in [-0.05, 0) is 42.3 Å². The molecule has 1 amide bonds. The van der Waals surface area contributed by atoms with Crippen LogP contribution in [0, 0.1) is 0 Å². The van der Waals surface area contributed by atoms with Gasteiger partial charge in [-0.25, -0.2) is 9.67 Å². The van der Waals surface area contributed by atoms with Crippen LogP contribution in [0.4, 0.5) is 0 Å². The SMILES string of the molecule is COc1cccc(CC(=O)N[C@H](C)c2ccc(-n3cncn3)cc2)c1. The average molecular weight is 336 g/mol. The van der Waals surface area contributed by atoms with Crippen LogP contribution >= 0.6 is 0 Å². The van der Waals surface area contributed by atoms with Crippen LogP contribution in [0.5, 0.6) is 5.75 Å². The molecule has 6 nitrogen and oxygen atoms in total. The molecule has 1 aromatic heterocycles. The van der Waals surface area contributed by atoms with E-state index in [2.05, 4.69) is 15.4 Å². The minimum absolute atomic E-state index is 0.0268. The standard InChI is InChI=1S/C19H20N4O2/c1-14(16-6-8-17(9-7-16)23-13-20-12-21-23)22-19(24)11-15-4-3-5-18(10-15)25-2/h3-10,12-14H,11H2,1-2H3,(H,22,24)/t14-/m1/s1. The molecule has 0 radical (unpaired) electrons. The first-order valence-electron chi connectivity index (χ1n) is 8.03. The van der Waals surface area contributed by atoms with Gasteiger partial charge in [-0.15, -0.1) is 0 Å². The largest absolute Gasteiger partial charge is 0.497 e. The molecular weight excluding hydrogens is 316 g/mol. The lowest BCUT2D eigenvalue weighted by molar-refractivity contribution is -0.121. The maximum atomic E-state index is 12.3. The van der Waals surface area contributed by atoms with Crippen LogP contribution in [0.25, 0.3) is 5.69 Å². The fraction of sp³-hybridized carbons (Fsp3) is 0.211. The molecular formula is C19H20N4O2. The highest BCUT2D eigenvalue weighted by molar-refractivity contribution is 5.79. The highest BCUT2D eigenvalue weighted by Crippen LogP contribution is 2.16. The van der Waals surface area contributed by atoms with Gasteiger partial charge in [0, 0.05) is 0 Å². The number of hydrogen-bond donors (Lipinski definition) is 1. The molecule has 0 spiro atoms. The summed E-state index contributed by atoms with van der Waals surface area (Å²) in [5.41, 5.74) is 2.88. The van der Waals surface area contributed by atoms with Crippen LogP contribution in [0.2, 0.25) is 0 Å². The molecule has 0 unspecified atom stereocenters. The fourth-order valence-electron chi connectivity index (χ4n) is 2.60. The summed E-state index contributed by atoms with van der Waals surface area (Å²) in [5, 5.41) is 7.12. The quantitative estimate of drug-likeness (QED) is 0.751. The zero-order valence-electron chi connectivity index (χ0n) is 14.2. The van der Waals surface area contributed by atoms with Crippen molar-refractivity contribution in [3.8, 4) is 11.4 Å². The van der Waals surface area contributed by atoms with Crippen LogP contribution in [-0.2, 0) is 11.2 Å². The first-order valence-corrected chi connectivity index (χ1v) is 8.03. The Labute approximate surface area is 146 Å². The topological polar surface area (TPSA) is 69.0 Å². The van der Waals surface area contributed by atoms with E-state index in [9.17, 15) is 4.79 Å². The molecule has 0 aliphatic heterocycles. The summed E-state index contributed by atoms with van der Waals surface area (Å²) in [7, 11) is 1.62. The zero-order chi connectivity index (χ0) is 17.6. The van der Waals surface area contributed by atoms with E-state index in [0.29, 0.717) is 6.42 Å². The lowest BCUT2D eigenvalue weighted by Crippen LogP contribution is -2.28. The zero-order valence-corrected chi connectivity index (χ0v) is 14.2. The number of hydrogen-bond acceptors (Lipinski definition) is 4. The summed E-state index contributed by atoms with van der Waals surface area (Å²) < 4.78 is 6.88. The second-order valence-electron chi connectivity index (χ2n) is 5.75. The molecule has 0 fully saturated rings. The number of carbonyl (C=O) groups is 1. The van der Waals surface area contributed by atoms with Crippen molar-refractivity contribution in [1.82, 2.24) is 20.1 Å². The van der Waals surface area contributed by atoms with Gasteiger partial charge in [0.2, 0.25) is 5.91 Å². The Hall–Kier alpha value is -3.15. The van der Waals surface area contributed by atoms with Gasteiger partial charge in [0.05, 0.1) is 25.3 Å². The Balaban J connectivity index is 1.61. The lowest BCUT2D eigenvalue weighted by Gasteiger charge is -2.15. The number of carbonyl (C=O) groups excluding carboxylic acids is 1. The smallest absolute Gasteiger partial charge is 0.224 e. The van der Waals surface area contributed by atoms with E-state index in [4.69, 9.17) is 4.74 Å². The van der Waals surface area contributed by atoms with Gasteiger partial charge in [-0.1, -0.05) is 24.3 Å². The molecule has 6 heteroatoms. The Morgan fingerprint density at radius 3 is 2.72 bits per heavy atom. The number of methoxy groups -OCH3 is 1. The first-order chi connectivity index (χ1) is 12.2. The van der Waals surface area contributed by atoms with E-state index < -0.39 is 0 Å². The van der Waals surface area contributed by atoms with Crippen molar-refractivity contribution in [1.29, 1.82) is 0 Å². The van der Waals surface area contributed by atoms with E-state index in [0.717, 1.165) is 22.6 Å². The summed E-state index contributed by atoms with van der Waals surface area (Å²) in [5.74, 6) is 0.725. The highest BCUT2D eigenvalue weighted by Gasteiger charge is 2.11. The summed E-state index contributed by atoms with van der Waals surface area (Å²) in [6, 6.07) is 15.3. The molecule has 3 rings (SSSR count). The second kappa shape index (κ2) is 7.61. The summed E-state index contributed by atoms with van der Waals surface area (Å²) in [6.45, 7) is 1.97. The predicted octanol–water partition coefficient (Wildman–Crippen LogP) is 2.70. The van der Waals surface area contributed by atoms with Gasteiger partial charge < -0.3 is 10.1 Å². The third-order valence-corrected chi connectivity index (χ3v) is 3.95. The van der Waals surface area contributed by atoms with Gasteiger partial charge in [-0.3, -0.25) is 4.79 Å². The number of rotatable bonds is 6. The number of amides is 1. The van der Waals surface area contributed by atoms with Crippen molar-refractivity contribution in [2.75, 3.05) is 7.11 Å². The second-order valence-corrected chi connectivity index (χ2v) is 5.75. The molecule has 1 heterocycles. The van der Waals surface area contributed by atoms with E-state index in [1.165, 1.54) is 6.33 Å². The Morgan fingerprint density at radius 2 is 2.04 bits per heavy atom. The van der Waals surface area contributed by atoms with E-state index in [-0.39, 0.29) is 11.9 Å². The maximum absolute atomic E-state index is 12.3. The molecule has 1 N–H and O–H groups in total. The minimum Gasteiger partial charge on any atom is -0.497 e. The summed E-state index contributed by atoms with van der Waals surface area (Å²) >= 11 is 0. The predicted molar refractivity (Wildman–Crippen MR) is 94.6 cm³/mol. The van der Waals surface area contributed by atoms with E-state index in [1.54, 1.807) is 18.1 Å². The normalized spacial score (nSPS) is 11.8. The highest BCUT2D eigenvalue weighted by atomic mass is 16.5. The van der Waals surface area contributed by atoms with Crippen molar-refractivity contribution in [2.45, 2.75) is 19.4 Å². The summed E-state index contributed by atoms with van der Waals surface area (Å²) in [4.78, 5) is 16.2. The molecule has 1 atom stereocenters. The lowest BCUT2D eigenvalue weighted by atomic mass is 10.1. The van der Waals surface area contributed by atoms with Crippen LogP contribution in [0.1, 0.15) is 24.1 Å². The molecule has 0 saturated carbocycles. The van der Waals surface area contributed by atoms with Gasteiger partial charge in [-0.2, -0.15) is 5.10 Å². The van der Waals surface area contributed by atoms with Crippen LogP contribution in [0.3, 0.4) is 0 Å². The molecule has 128 valence electrons. The molecule has 3 aromatic rings. The summed E-state index contributed by atoms with van der Waals surface area (Å²) in [6.07, 6.45) is 3.46. The third kappa shape index (κ3) is 4.23. The molecule has 25 heavy (non-hydrogen) atoms. The fourth-order valence-corrected chi connectivity index (χ4v) is 2.60. The number of aromatic nitrogens is 3. The van der Waals surface area contributed by atoms with Crippen LogP contribution in [-0.4, -0.2) is 27.8 Å². The first kappa shape index (κ1) is 16.7. The van der Waals surface area contributed by atoms with Crippen molar-refractivity contribution in [2.24, 2.45) is 0 Å². The number of nitrogens with one attached hydrogen (secondary N) is 1. The van der Waals surface area contributed by atoms with Crippen LogP contribution in [0.15, 0.2) is 61.2 Å². The van der Waals surface area contributed by atoms with Gasteiger partial charge in [0.15, 0.2) is 0 Å². The Morgan fingerprint density at radius 1 is 1.24 bits per heavy atom. The Kier molecular flexibility index (Phi) is 5.09. The van der Waals surface area contributed by atoms with Crippen molar-refractivity contribution in [3.05, 3.63) is 72.3 Å². The van der Waals surface area contributed by atoms with Crippen molar-refractivity contribution < 1.29 is 9.53 Å². The molecule has 0 aliphatic carbocycles. The van der Waals surface area contributed by atoms with E-state index in [1.807, 2.05) is 55.5 Å².